The molecule has 5 rings (SSSR count). The van der Waals surface area contributed by atoms with Crippen LogP contribution in [-0.2, 0) is 9.47 Å². The van der Waals surface area contributed by atoms with Crippen molar-refractivity contribution in [2.45, 2.75) is 90.3 Å². The predicted molar refractivity (Wildman–Crippen MR) is 163 cm³/mol. The number of rotatable bonds is 18. The first-order valence-corrected chi connectivity index (χ1v) is 15.5. The highest BCUT2D eigenvalue weighted by Crippen LogP contribution is 2.31. The number of hydrogen-bond donors (Lipinski definition) is 0. The maximum Gasteiger partial charge on any atom is 0.122 e. The van der Waals surface area contributed by atoms with Crippen LogP contribution < -0.4 is 9.47 Å². The summed E-state index contributed by atoms with van der Waals surface area (Å²) >= 11 is 0. The van der Waals surface area contributed by atoms with Gasteiger partial charge in [-0.05, 0) is 97.2 Å². The van der Waals surface area contributed by atoms with Crippen molar-refractivity contribution >= 4 is 0 Å². The van der Waals surface area contributed by atoms with E-state index in [-0.39, 0.29) is 0 Å². The Hall–Kier alpha value is -2.82. The van der Waals surface area contributed by atoms with Gasteiger partial charge in [-0.15, -0.1) is 0 Å². The lowest BCUT2D eigenvalue weighted by Gasteiger charge is -2.12. The second-order valence-electron chi connectivity index (χ2n) is 11.6. The zero-order valence-electron chi connectivity index (χ0n) is 24.5. The lowest BCUT2D eigenvalue weighted by molar-refractivity contribution is 0.301. The van der Waals surface area contributed by atoms with Gasteiger partial charge in [-0.25, -0.2) is 0 Å². The van der Waals surface area contributed by atoms with E-state index >= 15 is 0 Å². The summed E-state index contributed by atoms with van der Waals surface area (Å²) in [6.45, 7) is 7.80. The third-order valence-corrected chi connectivity index (χ3v) is 8.06. The van der Waals surface area contributed by atoms with Gasteiger partial charge in [-0.3, -0.25) is 0 Å². The molecule has 0 amide bonds. The molecule has 2 atom stereocenters. The van der Waals surface area contributed by atoms with Crippen molar-refractivity contribution in [1.82, 2.24) is 0 Å². The van der Waals surface area contributed by atoms with Crippen LogP contribution in [0.5, 0.6) is 11.5 Å². The van der Waals surface area contributed by atoms with Gasteiger partial charge in [0, 0.05) is 0 Å². The molecule has 0 bridgehead atoms. The van der Waals surface area contributed by atoms with Crippen LogP contribution in [0.25, 0.3) is 22.3 Å². The summed E-state index contributed by atoms with van der Waals surface area (Å²) in [5.74, 6) is 1.99. The molecule has 2 aliphatic rings. The molecule has 0 radical (unpaired) electrons. The first-order chi connectivity index (χ1) is 19.7. The Morgan fingerprint density at radius 3 is 1.27 bits per heavy atom. The standard InChI is InChI=1S/C36H46O4/c1-27-23-31(17-19-35(27)37-21-9-5-3-7-11-33-25-39-33)29-13-15-30(16-14-29)32-18-20-36(28(2)24-32)38-22-10-6-4-8-12-34-26-40-34/h13-20,23-24,33-34H,3-12,21-22,25-26H2,1-2H3. The van der Waals surface area contributed by atoms with Crippen molar-refractivity contribution < 1.29 is 18.9 Å². The normalized spacial score (nSPS) is 17.6. The van der Waals surface area contributed by atoms with Gasteiger partial charge in [-0.2, -0.15) is 0 Å². The average Bonchev–Trinajstić information content (AvgIpc) is 3.90. The summed E-state index contributed by atoms with van der Waals surface area (Å²) in [6, 6.07) is 21.9. The van der Waals surface area contributed by atoms with Crippen LogP contribution in [0.2, 0.25) is 0 Å². The maximum atomic E-state index is 6.08. The van der Waals surface area contributed by atoms with Gasteiger partial charge in [0.05, 0.1) is 38.6 Å². The molecule has 3 aromatic rings. The Morgan fingerprint density at radius 2 is 0.900 bits per heavy atom. The molecule has 40 heavy (non-hydrogen) atoms. The molecule has 0 aliphatic carbocycles. The number of epoxide rings is 2. The molecule has 0 spiro atoms. The van der Waals surface area contributed by atoms with Crippen molar-refractivity contribution in [3.05, 3.63) is 71.8 Å². The van der Waals surface area contributed by atoms with Crippen molar-refractivity contribution in [3.63, 3.8) is 0 Å². The summed E-state index contributed by atoms with van der Waals surface area (Å²) in [5.41, 5.74) is 7.26. The van der Waals surface area contributed by atoms with Crippen LogP contribution in [0.1, 0.15) is 75.3 Å². The first kappa shape index (κ1) is 28.7. The highest BCUT2D eigenvalue weighted by molar-refractivity contribution is 5.72. The minimum Gasteiger partial charge on any atom is -0.493 e. The zero-order chi connectivity index (χ0) is 27.6. The summed E-state index contributed by atoms with van der Waals surface area (Å²) in [6.07, 6.45) is 13.3. The Labute approximate surface area is 241 Å². The van der Waals surface area contributed by atoms with Crippen LogP contribution in [-0.4, -0.2) is 38.6 Å². The first-order valence-electron chi connectivity index (χ1n) is 15.5. The molecule has 0 aromatic heterocycles. The number of benzene rings is 3. The average molecular weight is 543 g/mol. The van der Waals surface area contributed by atoms with E-state index in [1.54, 1.807) is 0 Å². The Kier molecular flexibility index (Phi) is 10.6. The Bertz CT molecular complexity index is 1100. The lowest BCUT2D eigenvalue weighted by atomic mass is 9.98. The highest BCUT2D eigenvalue weighted by atomic mass is 16.6. The molecule has 214 valence electrons. The van der Waals surface area contributed by atoms with Gasteiger partial charge in [0.15, 0.2) is 0 Å². The SMILES string of the molecule is Cc1cc(-c2ccc(-c3ccc(OCCCCCCC4CO4)c(C)c3)cc2)ccc1OCCCCCCC1CO1. The van der Waals surface area contributed by atoms with E-state index in [2.05, 4.69) is 74.5 Å². The number of unbranched alkanes of at least 4 members (excludes halogenated alkanes) is 6. The van der Waals surface area contributed by atoms with Gasteiger partial charge >= 0.3 is 0 Å². The van der Waals surface area contributed by atoms with Gasteiger partial charge in [-0.1, -0.05) is 74.9 Å². The van der Waals surface area contributed by atoms with Crippen LogP contribution in [0.4, 0.5) is 0 Å². The largest absolute Gasteiger partial charge is 0.493 e. The molecule has 2 fully saturated rings. The second-order valence-corrected chi connectivity index (χ2v) is 11.6. The molecule has 4 heteroatoms. The fraction of sp³-hybridized carbons (Fsp3) is 0.500. The van der Waals surface area contributed by atoms with Gasteiger partial charge in [0.25, 0.3) is 0 Å². The predicted octanol–water partition coefficient (Wildman–Crippen LogP) is 9.09. The quantitative estimate of drug-likeness (QED) is 0.119. The van der Waals surface area contributed by atoms with E-state index in [4.69, 9.17) is 18.9 Å². The van der Waals surface area contributed by atoms with E-state index in [9.17, 15) is 0 Å². The molecule has 2 aliphatic heterocycles. The topological polar surface area (TPSA) is 43.5 Å². The molecule has 4 nitrogen and oxygen atoms in total. The number of hydrogen-bond acceptors (Lipinski definition) is 4. The minimum atomic E-state index is 0.562. The van der Waals surface area contributed by atoms with E-state index in [0.717, 1.165) is 50.8 Å². The molecule has 3 aromatic carbocycles. The number of aryl methyl sites for hydroxylation is 2. The summed E-state index contributed by atoms with van der Waals surface area (Å²) in [4.78, 5) is 0. The minimum absolute atomic E-state index is 0.562. The maximum absolute atomic E-state index is 6.08. The van der Waals surface area contributed by atoms with Crippen molar-refractivity contribution in [2.24, 2.45) is 0 Å². The summed E-state index contributed by atoms with van der Waals surface area (Å²) < 4.78 is 22.7. The van der Waals surface area contributed by atoms with Crippen LogP contribution in [0.15, 0.2) is 60.7 Å². The van der Waals surface area contributed by atoms with Gasteiger partial charge in [0.2, 0.25) is 0 Å². The lowest BCUT2D eigenvalue weighted by Crippen LogP contribution is -1.99. The van der Waals surface area contributed by atoms with E-state index < -0.39 is 0 Å². The van der Waals surface area contributed by atoms with E-state index in [0.29, 0.717) is 12.2 Å². The van der Waals surface area contributed by atoms with E-state index in [1.165, 1.54) is 84.7 Å². The fourth-order valence-electron chi connectivity index (χ4n) is 5.33. The molecule has 0 N–H and O–H groups in total. The third-order valence-electron chi connectivity index (χ3n) is 8.06. The molecular weight excluding hydrogens is 496 g/mol. The van der Waals surface area contributed by atoms with Gasteiger partial charge in [0.1, 0.15) is 11.5 Å². The fourth-order valence-corrected chi connectivity index (χ4v) is 5.33. The Morgan fingerprint density at radius 1 is 0.525 bits per heavy atom. The van der Waals surface area contributed by atoms with Gasteiger partial charge < -0.3 is 18.9 Å². The molecule has 2 unspecified atom stereocenters. The summed E-state index contributed by atoms with van der Waals surface area (Å²) in [5, 5.41) is 0. The number of ether oxygens (including phenoxy) is 4. The molecular formula is C36H46O4. The Balaban J connectivity index is 1.05. The highest BCUT2D eigenvalue weighted by Gasteiger charge is 2.21. The summed E-state index contributed by atoms with van der Waals surface area (Å²) in [7, 11) is 0. The third kappa shape index (κ3) is 9.11. The van der Waals surface area contributed by atoms with Crippen molar-refractivity contribution in [2.75, 3.05) is 26.4 Å². The molecule has 2 heterocycles. The monoisotopic (exact) mass is 542 g/mol. The second kappa shape index (κ2) is 14.7. The van der Waals surface area contributed by atoms with E-state index in [1.807, 2.05) is 0 Å². The van der Waals surface area contributed by atoms with Crippen LogP contribution in [0, 0.1) is 13.8 Å². The van der Waals surface area contributed by atoms with Crippen molar-refractivity contribution in [3.8, 4) is 33.8 Å². The van der Waals surface area contributed by atoms with Crippen LogP contribution in [0.3, 0.4) is 0 Å². The van der Waals surface area contributed by atoms with Crippen molar-refractivity contribution in [1.29, 1.82) is 0 Å². The smallest absolute Gasteiger partial charge is 0.122 e. The van der Waals surface area contributed by atoms with Crippen LogP contribution >= 0.6 is 0 Å². The molecule has 2 saturated heterocycles. The zero-order valence-corrected chi connectivity index (χ0v) is 24.5. The molecule has 0 saturated carbocycles.